The van der Waals surface area contributed by atoms with Crippen molar-refractivity contribution in [2.75, 3.05) is 6.54 Å². The minimum atomic E-state index is -0.441. The van der Waals surface area contributed by atoms with Crippen LogP contribution in [0.1, 0.15) is 23.6 Å². The summed E-state index contributed by atoms with van der Waals surface area (Å²) in [5, 5.41) is 3.77. The van der Waals surface area contributed by atoms with Crippen molar-refractivity contribution in [2.24, 2.45) is 0 Å². The number of hydrogen-bond donors (Lipinski definition) is 1. The second-order valence-corrected chi connectivity index (χ2v) is 5.22. The molecule has 2 rings (SSSR count). The molecule has 21 heavy (non-hydrogen) atoms. The molecule has 0 aliphatic rings. The minimum absolute atomic E-state index is 0.0217. The molecule has 0 bridgehead atoms. The number of halogens is 2. The summed E-state index contributed by atoms with van der Waals surface area (Å²) in [6, 6.07) is 5.18. The van der Waals surface area contributed by atoms with Crippen molar-refractivity contribution in [3.8, 4) is 11.6 Å². The van der Waals surface area contributed by atoms with Crippen LogP contribution in [0.5, 0.6) is 11.6 Å². The zero-order valence-corrected chi connectivity index (χ0v) is 13.1. The van der Waals surface area contributed by atoms with E-state index in [4.69, 9.17) is 16.3 Å². The van der Waals surface area contributed by atoms with Gasteiger partial charge in [0, 0.05) is 23.3 Å². The van der Waals surface area contributed by atoms with E-state index < -0.39 is 5.82 Å². The fourth-order valence-corrected chi connectivity index (χ4v) is 2.12. The highest BCUT2D eigenvalue weighted by atomic mass is 35.5. The predicted molar refractivity (Wildman–Crippen MR) is 82.6 cm³/mol. The van der Waals surface area contributed by atoms with Crippen LogP contribution in [0.2, 0.25) is 5.02 Å². The largest absolute Gasteiger partial charge is 0.436 e. The first-order valence-corrected chi connectivity index (χ1v) is 7.19. The number of aromatic nitrogens is 1. The van der Waals surface area contributed by atoms with Crippen LogP contribution < -0.4 is 10.1 Å². The molecule has 0 saturated carbocycles. The first-order valence-electron chi connectivity index (χ1n) is 6.81. The van der Waals surface area contributed by atoms with Gasteiger partial charge in [0.1, 0.15) is 5.75 Å². The Kier molecular flexibility index (Phi) is 5.15. The number of pyridine rings is 1. The molecule has 1 N–H and O–H groups in total. The summed E-state index contributed by atoms with van der Waals surface area (Å²) < 4.78 is 19.9. The average molecular weight is 309 g/mol. The lowest BCUT2D eigenvalue weighted by atomic mass is 10.1. The molecule has 0 aliphatic heterocycles. The van der Waals surface area contributed by atoms with Crippen LogP contribution in [0.15, 0.2) is 24.4 Å². The Labute approximate surface area is 129 Å². The molecular weight excluding hydrogens is 291 g/mol. The van der Waals surface area contributed by atoms with E-state index in [1.807, 2.05) is 20.8 Å². The van der Waals surface area contributed by atoms with Crippen LogP contribution in [-0.2, 0) is 6.54 Å². The molecule has 1 aromatic heterocycles. The third kappa shape index (κ3) is 3.71. The van der Waals surface area contributed by atoms with E-state index in [0.717, 1.165) is 17.7 Å². The number of rotatable bonds is 5. The standard InChI is InChI=1S/C16H18ClFN2O/c1-4-19-9-12-5-6-20-16(15(12)18)21-13-7-10(2)14(17)11(3)8-13/h5-8,19H,4,9H2,1-3H3. The van der Waals surface area contributed by atoms with E-state index in [-0.39, 0.29) is 5.88 Å². The average Bonchev–Trinajstić information content (AvgIpc) is 2.45. The summed E-state index contributed by atoms with van der Waals surface area (Å²) in [6.45, 7) is 6.95. The van der Waals surface area contributed by atoms with Crippen molar-refractivity contribution in [1.82, 2.24) is 10.3 Å². The number of benzene rings is 1. The third-order valence-electron chi connectivity index (χ3n) is 3.13. The quantitative estimate of drug-likeness (QED) is 0.889. The zero-order chi connectivity index (χ0) is 15.4. The molecule has 2 aromatic rings. The van der Waals surface area contributed by atoms with Gasteiger partial charge in [-0.1, -0.05) is 18.5 Å². The molecule has 112 valence electrons. The molecule has 0 fully saturated rings. The maximum absolute atomic E-state index is 14.3. The first-order chi connectivity index (χ1) is 10.0. The molecule has 0 amide bonds. The monoisotopic (exact) mass is 308 g/mol. The lowest BCUT2D eigenvalue weighted by Crippen LogP contribution is -2.13. The van der Waals surface area contributed by atoms with Gasteiger partial charge in [0.25, 0.3) is 5.88 Å². The molecular formula is C16H18ClFN2O. The van der Waals surface area contributed by atoms with E-state index in [9.17, 15) is 4.39 Å². The second-order valence-electron chi connectivity index (χ2n) is 4.84. The van der Waals surface area contributed by atoms with Crippen molar-refractivity contribution < 1.29 is 9.13 Å². The van der Waals surface area contributed by atoms with Gasteiger partial charge in [-0.25, -0.2) is 9.37 Å². The van der Waals surface area contributed by atoms with Gasteiger partial charge in [-0.2, -0.15) is 0 Å². The Morgan fingerprint density at radius 1 is 1.29 bits per heavy atom. The Morgan fingerprint density at radius 3 is 2.57 bits per heavy atom. The normalized spacial score (nSPS) is 10.7. The molecule has 1 aromatic carbocycles. The highest BCUT2D eigenvalue weighted by Gasteiger charge is 2.12. The minimum Gasteiger partial charge on any atom is -0.436 e. The van der Waals surface area contributed by atoms with Crippen molar-refractivity contribution in [1.29, 1.82) is 0 Å². The maximum Gasteiger partial charge on any atom is 0.256 e. The number of nitrogens with zero attached hydrogens (tertiary/aromatic N) is 1. The van der Waals surface area contributed by atoms with Gasteiger partial charge < -0.3 is 10.1 Å². The topological polar surface area (TPSA) is 34.2 Å². The van der Waals surface area contributed by atoms with Crippen LogP contribution in [-0.4, -0.2) is 11.5 Å². The van der Waals surface area contributed by atoms with Gasteiger partial charge in [0.2, 0.25) is 0 Å². The molecule has 0 spiro atoms. The molecule has 0 radical (unpaired) electrons. The zero-order valence-electron chi connectivity index (χ0n) is 12.3. The molecule has 5 heteroatoms. The van der Waals surface area contributed by atoms with Crippen LogP contribution >= 0.6 is 11.6 Å². The van der Waals surface area contributed by atoms with Gasteiger partial charge in [-0.05, 0) is 49.7 Å². The van der Waals surface area contributed by atoms with Crippen LogP contribution in [0, 0.1) is 19.7 Å². The molecule has 0 aliphatic carbocycles. The summed E-state index contributed by atoms with van der Waals surface area (Å²) in [5.74, 6) is 0.0663. The fraction of sp³-hybridized carbons (Fsp3) is 0.312. The van der Waals surface area contributed by atoms with Crippen molar-refractivity contribution >= 4 is 11.6 Å². The van der Waals surface area contributed by atoms with Crippen LogP contribution in [0.3, 0.4) is 0 Å². The van der Waals surface area contributed by atoms with Gasteiger partial charge >= 0.3 is 0 Å². The SMILES string of the molecule is CCNCc1ccnc(Oc2cc(C)c(Cl)c(C)c2)c1F. The fourth-order valence-electron chi connectivity index (χ4n) is 2.01. The van der Waals surface area contributed by atoms with E-state index in [2.05, 4.69) is 10.3 Å². The molecule has 0 saturated heterocycles. The van der Waals surface area contributed by atoms with Crippen LogP contribution in [0.4, 0.5) is 4.39 Å². The summed E-state index contributed by atoms with van der Waals surface area (Å²) in [5.41, 5.74) is 2.30. The van der Waals surface area contributed by atoms with E-state index in [1.54, 1.807) is 24.4 Å². The van der Waals surface area contributed by atoms with Crippen molar-refractivity contribution in [3.63, 3.8) is 0 Å². The molecule has 0 atom stereocenters. The first kappa shape index (κ1) is 15.7. The Hall–Kier alpha value is -1.65. The van der Waals surface area contributed by atoms with Crippen LogP contribution in [0.25, 0.3) is 0 Å². The Morgan fingerprint density at radius 2 is 1.95 bits per heavy atom. The Balaban J connectivity index is 2.27. The summed E-state index contributed by atoms with van der Waals surface area (Å²) in [7, 11) is 0. The van der Waals surface area contributed by atoms with Gasteiger partial charge in [0.15, 0.2) is 5.82 Å². The van der Waals surface area contributed by atoms with E-state index >= 15 is 0 Å². The summed E-state index contributed by atoms with van der Waals surface area (Å²) in [4.78, 5) is 3.97. The van der Waals surface area contributed by atoms with Gasteiger partial charge in [-0.3, -0.25) is 0 Å². The predicted octanol–water partition coefficient (Wildman–Crippen LogP) is 4.39. The molecule has 3 nitrogen and oxygen atoms in total. The van der Waals surface area contributed by atoms with Crippen molar-refractivity contribution in [3.05, 3.63) is 51.9 Å². The summed E-state index contributed by atoms with van der Waals surface area (Å²) in [6.07, 6.45) is 1.54. The number of aryl methyl sites for hydroxylation is 2. The maximum atomic E-state index is 14.3. The second kappa shape index (κ2) is 6.87. The highest BCUT2D eigenvalue weighted by Crippen LogP contribution is 2.30. The van der Waals surface area contributed by atoms with E-state index in [1.165, 1.54) is 0 Å². The number of ether oxygens (including phenoxy) is 1. The third-order valence-corrected chi connectivity index (χ3v) is 3.72. The number of nitrogens with one attached hydrogen (secondary N) is 1. The van der Waals surface area contributed by atoms with Gasteiger partial charge in [-0.15, -0.1) is 0 Å². The lowest BCUT2D eigenvalue weighted by Gasteiger charge is -2.11. The van der Waals surface area contributed by atoms with Crippen molar-refractivity contribution in [2.45, 2.75) is 27.3 Å². The van der Waals surface area contributed by atoms with Gasteiger partial charge in [0.05, 0.1) is 0 Å². The van der Waals surface area contributed by atoms with E-state index in [0.29, 0.717) is 22.9 Å². The Bertz CT molecular complexity index is 623. The highest BCUT2D eigenvalue weighted by molar-refractivity contribution is 6.32. The molecule has 0 unspecified atom stereocenters. The smallest absolute Gasteiger partial charge is 0.256 e. The lowest BCUT2D eigenvalue weighted by molar-refractivity contribution is 0.417. The number of hydrogen-bond acceptors (Lipinski definition) is 3. The summed E-state index contributed by atoms with van der Waals surface area (Å²) >= 11 is 6.11. The molecule has 1 heterocycles.